The van der Waals surface area contributed by atoms with Crippen molar-refractivity contribution < 1.29 is 9.18 Å². The predicted octanol–water partition coefficient (Wildman–Crippen LogP) is 3.10. The van der Waals surface area contributed by atoms with Crippen molar-refractivity contribution in [1.82, 2.24) is 20.1 Å². The molecular weight excluding hydrogens is 327 g/mol. The van der Waals surface area contributed by atoms with Gasteiger partial charge in [0.05, 0.1) is 11.6 Å². The third kappa shape index (κ3) is 2.82. The van der Waals surface area contributed by atoms with E-state index in [1.165, 1.54) is 23.7 Å². The molecule has 0 saturated carbocycles. The molecule has 0 unspecified atom stereocenters. The summed E-state index contributed by atoms with van der Waals surface area (Å²) in [5, 5.41) is 7.26. The molecule has 3 rings (SSSR count). The van der Waals surface area contributed by atoms with Crippen molar-refractivity contribution in [3.05, 3.63) is 46.6 Å². The molecule has 1 amide bonds. The molecule has 0 fully saturated rings. The third-order valence-electron chi connectivity index (χ3n) is 3.12. The number of hydrogen-bond acceptors (Lipinski definition) is 4. The molecule has 1 aromatic carbocycles. The number of nitrogens with one attached hydrogen (secondary N) is 1. The predicted molar refractivity (Wildman–Crippen MR) is 83.7 cm³/mol. The van der Waals surface area contributed by atoms with Crippen LogP contribution in [0.5, 0.6) is 0 Å². The number of thiophene rings is 1. The number of carbonyl (C=O) groups excluding carboxylic acids is 1. The summed E-state index contributed by atoms with van der Waals surface area (Å²) in [7, 11) is 0. The van der Waals surface area contributed by atoms with Gasteiger partial charge in [-0.1, -0.05) is 17.7 Å². The van der Waals surface area contributed by atoms with Gasteiger partial charge in [0, 0.05) is 16.1 Å². The molecule has 0 saturated heterocycles. The third-order valence-corrected chi connectivity index (χ3v) is 4.76. The number of hydrogen-bond donors (Lipinski definition) is 1. The Morgan fingerprint density at radius 3 is 3.05 bits per heavy atom. The van der Waals surface area contributed by atoms with Crippen molar-refractivity contribution >= 4 is 38.9 Å². The fourth-order valence-corrected chi connectivity index (χ4v) is 3.62. The van der Waals surface area contributed by atoms with Crippen molar-refractivity contribution in [2.75, 3.05) is 0 Å². The topological polar surface area (TPSA) is 59.8 Å². The Labute approximate surface area is 134 Å². The molecule has 22 heavy (non-hydrogen) atoms. The minimum atomic E-state index is -0.423. The summed E-state index contributed by atoms with van der Waals surface area (Å²) in [5.74, 6) is -0.744. The van der Waals surface area contributed by atoms with E-state index < -0.39 is 5.82 Å². The Kier molecular flexibility index (Phi) is 4.08. The highest BCUT2D eigenvalue weighted by Gasteiger charge is 2.20. The lowest BCUT2D eigenvalue weighted by molar-refractivity contribution is 0.0940. The number of carbonyl (C=O) groups is 1. The Hall–Kier alpha value is -1.99. The van der Waals surface area contributed by atoms with E-state index in [1.54, 1.807) is 23.1 Å². The number of amides is 1. The quantitative estimate of drug-likeness (QED) is 0.795. The lowest BCUT2D eigenvalue weighted by Crippen LogP contribution is -2.35. The Balaban J connectivity index is 1.80. The van der Waals surface area contributed by atoms with Crippen LogP contribution in [0.1, 0.15) is 16.6 Å². The van der Waals surface area contributed by atoms with E-state index >= 15 is 0 Å². The summed E-state index contributed by atoms with van der Waals surface area (Å²) < 4.78 is 16.1. The highest BCUT2D eigenvalue weighted by atomic mass is 35.5. The molecular formula is C14H12ClFN4OS. The van der Waals surface area contributed by atoms with Crippen LogP contribution in [0.3, 0.4) is 0 Å². The van der Waals surface area contributed by atoms with Crippen molar-refractivity contribution in [2.45, 2.75) is 19.5 Å². The first kappa shape index (κ1) is 14.9. The second-order valence-electron chi connectivity index (χ2n) is 4.85. The second kappa shape index (κ2) is 6.02. The van der Waals surface area contributed by atoms with Crippen LogP contribution < -0.4 is 5.32 Å². The Morgan fingerprint density at radius 2 is 2.36 bits per heavy atom. The Morgan fingerprint density at radius 1 is 1.55 bits per heavy atom. The maximum absolute atomic E-state index is 13.8. The monoisotopic (exact) mass is 338 g/mol. The zero-order valence-electron chi connectivity index (χ0n) is 11.6. The molecule has 1 N–H and O–H groups in total. The molecule has 2 heterocycles. The van der Waals surface area contributed by atoms with Gasteiger partial charge in [-0.25, -0.2) is 9.37 Å². The van der Waals surface area contributed by atoms with Crippen LogP contribution in [0.2, 0.25) is 5.02 Å². The van der Waals surface area contributed by atoms with Crippen molar-refractivity contribution in [3.63, 3.8) is 0 Å². The highest BCUT2D eigenvalue weighted by Crippen LogP contribution is 2.36. The van der Waals surface area contributed by atoms with Gasteiger partial charge >= 0.3 is 0 Å². The lowest BCUT2D eigenvalue weighted by Gasteiger charge is -2.12. The summed E-state index contributed by atoms with van der Waals surface area (Å²) in [6.45, 7) is 2.34. The van der Waals surface area contributed by atoms with Gasteiger partial charge in [0.2, 0.25) is 0 Å². The van der Waals surface area contributed by atoms with E-state index in [9.17, 15) is 9.18 Å². The van der Waals surface area contributed by atoms with Crippen molar-refractivity contribution in [1.29, 1.82) is 0 Å². The fourth-order valence-electron chi connectivity index (χ4n) is 2.16. The maximum Gasteiger partial charge on any atom is 0.263 e. The molecule has 0 aliphatic carbocycles. The van der Waals surface area contributed by atoms with Crippen molar-refractivity contribution in [3.8, 4) is 0 Å². The number of benzene rings is 1. The molecule has 8 heteroatoms. The average Bonchev–Trinajstić information content (AvgIpc) is 3.07. The van der Waals surface area contributed by atoms with Gasteiger partial charge in [0.15, 0.2) is 0 Å². The summed E-state index contributed by atoms with van der Waals surface area (Å²) in [4.78, 5) is 16.5. The number of aromatic nitrogens is 3. The van der Waals surface area contributed by atoms with Gasteiger partial charge in [0.1, 0.15) is 23.3 Å². The first-order chi connectivity index (χ1) is 10.6. The smallest absolute Gasteiger partial charge is 0.263 e. The zero-order chi connectivity index (χ0) is 15.7. The zero-order valence-corrected chi connectivity index (χ0v) is 13.2. The number of fused-ring (bicyclic) bond motifs is 1. The lowest BCUT2D eigenvalue weighted by atomic mass is 10.2. The molecule has 5 nitrogen and oxygen atoms in total. The van der Waals surface area contributed by atoms with Crippen LogP contribution in [0.15, 0.2) is 30.9 Å². The standard InChI is InChI=1S/C14H12ClFN4OS/c1-8(5-20-7-17-6-18-20)19-14(21)13-12(15)11-9(16)3-2-4-10(11)22-13/h2-4,6-8H,5H2,1H3,(H,19,21)/t8-/m0/s1. The molecule has 3 aromatic rings. The minimum Gasteiger partial charge on any atom is -0.347 e. The number of nitrogens with zero attached hydrogens (tertiary/aromatic N) is 3. The molecule has 0 radical (unpaired) electrons. The normalized spacial score (nSPS) is 12.5. The van der Waals surface area contributed by atoms with Gasteiger partial charge in [-0.3, -0.25) is 9.48 Å². The van der Waals surface area contributed by atoms with E-state index in [0.29, 0.717) is 21.5 Å². The highest BCUT2D eigenvalue weighted by molar-refractivity contribution is 7.21. The average molecular weight is 339 g/mol. The first-order valence-corrected chi connectivity index (χ1v) is 7.75. The van der Waals surface area contributed by atoms with Gasteiger partial charge in [-0.2, -0.15) is 5.10 Å². The van der Waals surface area contributed by atoms with Gasteiger partial charge in [-0.15, -0.1) is 11.3 Å². The number of rotatable bonds is 4. The molecule has 1 atom stereocenters. The second-order valence-corrected chi connectivity index (χ2v) is 6.28. The summed E-state index contributed by atoms with van der Waals surface area (Å²) in [5.41, 5.74) is 0. The largest absolute Gasteiger partial charge is 0.347 e. The molecule has 0 spiro atoms. The SMILES string of the molecule is C[C@@H](Cn1cncn1)NC(=O)c1sc2cccc(F)c2c1Cl. The first-order valence-electron chi connectivity index (χ1n) is 6.56. The molecule has 0 aliphatic heterocycles. The van der Waals surface area contributed by atoms with Crippen LogP contribution in [-0.2, 0) is 6.54 Å². The van der Waals surface area contributed by atoms with Crippen LogP contribution in [0, 0.1) is 5.82 Å². The van der Waals surface area contributed by atoms with Gasteiger partial charge in [-0.05, 0) is 19.1 Å². The Bertz CT molecular complexity index is 818. The van der Waals surface area contributed by atoms with E-state index in [1.807, 2.05) is 6.92 Å². The van der Waals surface area contributed by atoms with Crippen molar-refractivity contribution in [2.24, 2.45) is 0 Å². The van der Waals surface area contributed by atoms with E-state index in [2.05, 4.69) is 15.4 Å². The molecule has 0 bridgehead atoms. The van der Waals surface area contributed by atoms with E-state index in [4.69, 9.17) is 11.6 Å². The molecule has 0 aliphatic rings. The fraction of sp³-hybridized carbons (Fsp3) is 0.214. The molecule has 2 aromatic heterocycles. The van der Waals surface area contributed by atoms with Gasteiger partial charge in [0.25, 0.3) is 5.91 Å². The van der Waals surface area contributed by atoms with Gasteiger partial charge < -0.3 is 5.32 Å². The van der Waals surface area contributed by atoms with Crippen LogP contribution in [0.25, 0.3) is 10.1 Å². The van der Waals surface area contributed by atoms with E-state index in [0.717, 1.165) is 0 Å². The minimum absolute atomic E-state index is 0.156. The van der Waals surface area contributed by atoms with E-state index in [-0.39, 0.29) is 17.0 Å². The van der Waals surface area contributed by atoms with Crippen LogP contribution in [-0.4, -0.2) is 26.7 Å². The van der Waals surface area contributed by atoms with Crippen LogP contribution >= 0.6 is 22.9 Å². The molecule has 114 valence electrons. The number of halogens is 2. The maximum atomic E-state index is 13.8. The summed E-state index contributed by atoms with van der Waals surface area (Å²) in [6.07, 6.45) is 3.00. The summed E-state index contributed by atoms with van der Waals surface area (Å²) in [6, 6.07) is 4.50. The summed E-state index contributed by atoms with van der Waals surface area (Å²) >= 11 is 7.34. The van der Waals surface area contributed by atoms with Crippen LogP contribution in [0.4, 0.5) is 4.39 Å².